The molecule has 2 rings (SSSR count). The van der Waals surface area contributed by atoms with Crippen LogP contribution in [0.4, 0.5) is 10.1 Å². The molecule has 5 heteroatoms. The quantitative estimate of drug-likeness (QED) is 0.787. The van der Waals surface area contributed by atoms with E-state index in [2.05, 4.69) is 16.9 Å². The van der Waals surface area contributed by atoms with Crippen LogP contribution in [0.1, 0.15) is 12.8 Å². The number of aromatic nitrogens is 1. The molecule has 1 aliphatic rings. The van der Waals surface area contributed by atoms with Crippen molar-refractivity contribution < 1.29 is 9.13 Å². The van der Waals surface area contributed by atoms with Crippen LogP contribution in [0, 0.1) is 5.95 Å². The van der Waals surface area contributed by atoms with Crippen molar-refractivity contribution in [2.75, 3.05) is 25.9 Å². The lowest BCUT2D eigenvalue weighted by molar-refractivity contribution is 0.197. The number of likely N-dealkylation sites (tertiary alicyclic amines) is 1. The van der Waals surface area contributed by atoms with Gasteiger partial charge in [-0.2, -0.15) is 4.39 Å². The van der Waals surface area contributed by atoms with Gasteiger partial charge < -0.3 is 15.4 Å². The number of anilines is 1. The van der Waals surface area contributed by atoms with Gasteiger partial charge in [0.1, 0.15) is 12.4 Å². The van der Waals surface area contributed by atoms with Gasteiger partial charge in [-0.25, -0.2) is 4.98 Å². The van der Waals surface area contributed by atoms with E-state index in [1.165, 1.54) is 18.7 Å². The average molecular weight is 225 g/mol. The number of ether oxygens (including phenoxy) is 1. The van der Waals surface area contributed by atoms with E-state index in [0.29, 0.717) is 18.4 Å². The second-order valence-electron chi connectivity index (χ2n) is 4.14. The first-order chi connectivity index (χ1) is 7.66. The number of nitrogens with two attached hydrogens (primary N) is 1. The third kappa shape index (κ3) is 2.41. The van der Waals surface area contributed by atoms with Crippen LogP contribution in [0.2, 0.25) is 0 Å². The maximum absolute atomic E-state index is 12.8. The Morgan fingerprint density at radius 1 is 1.69 bits per heavy atom. The molecule has 1 aromatic heterocycles. The van der Waals surface area contributed by atoms with Gasteiger partial charge in [0.2, 0.25) is 5.95 Å². The van der Waals surface area contributed by atoms with Crippen LogP contribution >= 0.6 is 0 Å². The predicted molar refractivity (Wildman–Crippen MR) is 59.8 cm³/mol. The van der Waals surface area contributed by atoms with E-state index in [-0.39, 0.29) is 5.69 Å². The first-order valence-electron chi connectivity index (χ1n) is 5.41. The fourth-order valence-electron chi connectivity index (χ4n) is 1.91. The summed E-state index contributed by atoms with van der Waals surface area (Å²) in [6.45, 7) is 1.71. The molecule has 0 aromatic carbocycles. The van der Waals surface area contributed by atoms with Gasteiger partial charge in [-0.15, -0.1) is 0 Å². The van der Waals surface area contributed by atoms with E-state index in [1.807, 2.05) is 0 Å². The number of nitrogen functional groups attached to an aromatic ring is 1. The van der Waals surface area contributed by atoms with E-state index in [9.17, 15) is 4.39 Å². The van der Waals surface area contributed by atoms with Crippen LogP contribution in [-0.2, 0) is 0 Å². The number of hydrogen-bond donors (Lipinski definition) is 1. The summed E-state index contributed by atoms with van der Waals surface area (Å²) in [6.07, 6.45) is 3.70. The van der Waals surface area contributed by atoms with E-state index >= 15 is 0 Å². The summed E-state index contributed by atoms with van der Waals surface area (Å²) in [7, 11) is 2.08. The van der Waals surface area contributed by atoms with Crippen molar-refractivity contribution in [1.82, 2.24) is 9.88 Å². The topological polar surface area (TPSA) is 51.4 Å². The summed E-state index contributed by atoms with van der Waals surface area (Å²) in [6, 6.07) is 1.91. The molecule has 0 radical (unpaired) electrons. The van der Waals surface area contributed by atoms with E-state index in [1.54, 1.807) is 0 Å². The highest BCUT2D eigenvalue weighted by atomic mass is 19.1. The number of nitrogens with zero attached hydrogens (tertiary/aromatic N) is 2. The van der Waals surface area contributed by atoms with E-state index < -0.39 is 5.95 Å². The van der Waals surface area contributed by atoms with Crippen LogP contribution in [0.25, 0.3) is 0 Å². The molecule has 0 bridgehead atoms. The Morgan fingerprint density at radius 2 is 2.50 bits per heavy atom. The van der Waals surface area contributed by atoms with Gasteiger partial charge in [-0.3, -0.25) is 0 Å². The maximum Gasteiger partial charge on any atom is 0.236 e. The van der Waals surface area contributed by atoms with Crippen molar-refractivity contribution >= 4 is 5.69 Å². The molecule has 16 heavy (non-hydrogen) atoms. The molecular weight excluding hydrogens is 209 g/mol. The average Bonchev–Trinajstić information content (AvgIpc) is 2.66. The number of hydrogen-bond acceptors (Lipinski definition) is 4. The monoisotopic (exact) mass is 225 g/mol. The van der Waals surface area contributed by atoms with Crippen molar-refractivity contribution in [1.29, 1.82) is 0 Å². The molecule has 0 spiro atoms. The van der Waals surface area contributed by atoms with Crippen LogP contribution < -0.4 is 10.5 Å². The summed E-state index contributed by atoms with van der Waals surface area (Å²) in [5.41, 5.74) is 5.43. The molecule has 0 unspecified atom stereocenters. The van der Waals surface area contributed by atoms with Crippen LogP contribution in [-0.4, -0.2) is 36.1 Å². The lowest BCUT2D eigenvalue weighted by Crippen LogP contribution is -2.30. The standard InChI is InChI=1S/C11H16FN3O/c1-15-4-2-3-8(15)7-16-9-5-10(13)11(12)14-6-9/h5-6,8H,2-4,7,13H2,1H3/t8-/m1/s1. The van der Waals surface area contributed by atoms with Gasteiger partial charge in [0, 0.05) is 12.1 Å². The zero-order valence-corrected chi connectivity index (χ0v) is 9.32. The third-order valence-electron chi connectivity index (χ3n) is 2.96. The van der Waals surface area contributed by atoms with Crippen molar-refractivity contribution in [2.45, 2.75) is 18.9 Å². The summed E-state index contributed by atoms with van der Waals surface area (Å²) < 4.78 is 18.3. The highest BCUT2D eigenvalue weighted by molar-refractivity contribution is 5.41. The molecule has 0 amide bonds. The second kappa shape index (κ2) is 4.65. The summed E-state index contributed by atoms with van der Waals surface area (Å²) in [5, 5.41) is 0. The number of likely N-dealkylation sites (N-methyl/N-ethyl adjacent to an activating group) is 1. The molecule has 4 nitrogen and oxygen atoms in total. The fourth-order valence-corrected chi connectivity index (χ4v) is 1.91. The lowest BCUT2D eigenvalue weighted by Gasteiger charge is -2.19. The van der Waals surface area contributed by atoms with Gasteiger partial charge in [-0.1, -0.05) is 0 Å². The molecule has 1 saturated heterocycles. The first-order valence-corrected chi connectivity index (χ1v) is 5.41. The highest BCUT2D eigenvalue weighted by Crippen LogP contribution is 2.19. The summed E-state index contributed by atoms with van der Waals surface area (Å²) >= 11 is 0. The van der Waals surface area contributed by atoms with Crippen molar-refractivity contribution in [3.63, 3.8) is 0 Å². The smallest absolute Gasteiger partial charge is 0.236 e. The minimum atomic E-state index is -0.648. The molecular formula is C11H16FN3O. The Kier molecular flexibility index (Phi) is 3.24. The number of pyridine rings is 1. The zero-order valence-electron chi connectivity index (χ0n) is 9.32. The van der Waals surface area contributed by atoms with Gasteiger partial charge in [-0.05, 0) is 26.4 Å². The number of rotatable bonds is 3. The van der Waals surface area contributed by atoms with Gasteiger partial charge in [0.05, 0.1) is 11.9 Å². The Labute approximate surface area is 94.2 Å². The molecule has 0 saturated carbocycles. The molecule has 2 N–H and O–H groups in total. The molecule has 88 valence electrons. The van der Waals surface area contributed by atoms with Crippen molar-refractivity contribution in [3.05, 3.63) is 18.2 Å². The van der Waals surface area contributed by atoms with Crippen LogP contribution in [0.3, 0.4) is 0 Å². The highest BCUT2D eigenvalue weighted by Gasteiger charge is 2.21. The normalized spacial score (nSPS) is 21.2. The Bertz CT molecular complexity index is 372. The fraction of sp³-hybridized carbons (Fsp3) is 0.545. The molecule has 1 fully saturated rings. The third-order valence-corrected chi connectivity index (χ3v) is 2.96. The van der Waals surface area contributed by atoms with E-state index in [4.69, 9.17) is 10.5 Å². The Balaban J connectivity index is 1.91. The van der Waals surface area contributed by atoms with E-state index in [0.717, 1.165) is 13.0 Å². The predicted octanol–water partition coefficient (Wildman–Crippen LogP) is 1.28. The Hall–Kier alpha value is -1.36. The minimum absolute atomic E-state index is 0.0253. The SMILES string of the molecule is CN1CCC[C@@H]1COc1cnc(F)c(N)c1. The van der Waals surface area contributed by atoms with Crippen LogP contribution in [0.15, 0.2) is 12.3 Å². The molecule has 1 aliphatic heterocycles. The van der Waals surface area contributed by atoms with Gasteiger partial charge in [0.15, 0.2) is 0 Å². The van der Waals surface area contributed by atoms with Crippen molar-refractivity contribution in [2.24, 2.45) is 0 Å². The lowest BCUT2D eigenvalue weighted by atomic mass is 10.2. The van der Waals surface area contributed by atoms with Crippen LogP contribution in [0.5, 0.6) is 5.75 Å². The van der Waals surface area contributed by atoms with Gasteiger partial charge >= 0.3 is 0 Å². The molecule has 0 aliphatic carbocycles. The van der Waals surface area contributed by atoms with Gasteiger partial charge in [0.25, 0.3) is 0 Å². The molecule has 2 heterocycles. The first kappa shape index (κ1) is 11.1. The number of halogens is 1. The Morgan fingerprint density at radius 3 is 3.12 bits per heavy atom. The molecule has 1 aromatic rings. The second-order valence-corrected chi connectivity index (χ2v) is 4.14. The van der Waals surface area contributed by atoms with Crippen molar-refractivity contribution in [3.8, 4) is 5.75 Å². The molecule has 1 atom stereocenters. The summed E-state index contributed by atoms with van der Waals surface area (Å²) in [4.78, 5) is 5.78. The zero-order chi connectivity index (χ0) is 11.5. The summed E-state index contributed by atoms with van der Waals surface area (Å²) in [5.74, 6) is -0.121. The maximum atomic E-state index is 12.8. The largest absolute Gasteiger partial charge is 0.490 e. The minimum Gasteiger partial charge on any atom is -0.490 e.